The molecule has 1 aliphatic carbocycles. The van der Waals surface area contributed by atoms with Crippen molar-refractivity contribution in [1.29, 1.82) is 0 Å². The molecular formula is C26H31ClN6O. The number of imidazole rings is 1. The molecule has 0 saturated carbocycles. The van der Waals surface area contributed by atoms with Crippen LogP contribution in [0.5, 0.6) is 0 Å². The van der Waals surface area contributed by atoms with Crippen LogP contribution in [0.4, 0.5) is 5.82 Å². The maximum atomic E-state index is 6.19. The highest BCUT2D eigenvalue weighted by Crippen LogP contribution is 2.33. The lowest BCUT2D eigenvalue weighted by Gasteiger charge is -2.19. The van der Waals surface area contributed by atoms with Crippen molar-refractivity contribution < 1.29 is 4.42 Å². The van der Waals surface area contributed by atoms with Gasteiger partial charge in [0.25, 0.3) is 0 Å². The largest absolute Gasteiger partial charge is 0.464 e. The van der Waals surface area contributed by atoms with Gasteiger partial charge in [0.1, 0.15) is 11.6 Å². The van der Waals surface area contributed by atoms with Gasteiger partial charge in [-0.05, 0) is 85.1 Å². The van der Waals surface area contributed by atoms with Crippen LogP contribution in [0.1, 0.15) is 55.6 Å². The minimum atomic E-state index is 0.142. The number of hydrogen-bond donors (Lipinski definition) is 2. The van der Waals surface area contributed by atoms with E-state index in [4.69, 9.17) is 26.7 Å². The number of aromatic nitrogens is 4. The summed E-state index contributed by atoms with van der Waals surface area (Å²) in [6.45, 7) is 5.97. The summed E-state index contributed by atoms with van der Waals surface area (Å²) in [6.07, 6.45) is 8.03. The molecule has 0 saturated heterocycles. The Morgan fingerprint density at radius 2 is 1.94 bits per heavy atom. The van der Waals surface area contributed by atoms with Crippen LogP contribution < -0.4 is 11.1 Å². The summed E-state index contributed by atoms with van der Waals surface area (Å²) in [5.74, 6) is 2.10. The Hall–Kier alpha value is -2.90. The molecule has 34 heavy (non-hydrogen) atoms. The van der Waals surface area contributed by atoms with E-state index in [1.807, 2.05) is 12.1 Å². The van der Waals surface area contributed by atoms with Crippen molar-refractivity contribution in [2.75, 3.05) is 12.3 Å². The number of rotatable bonds is 8. The van der Waals surface area contributed by atoms with Gasteiger partial charge in [-0.2, -0.15) is 9.97 Å². The van der Waals surface area contributed by atoms with Gasteiger partial charge in [0, 0.05) is 24.6 Å². The van der Waals surface area contributed by atoms with E-state index in [0.717, 1.165) is 49.5 Å². The minimum Gasteiger partial charge on any atom is -0.464 e. The average molecular weight is 479 g/mol. The van der Waals surface area contributed by atoms with Crippen molar-refractivity contribution in [3.05, 3.63) is 58.3 Å². The summed E-state index contributed by atoms with van der Waals surface area (Å²) in [6, 6.07) is 9.06. The molecular weight excluding hydrogens is 448 g/mol. The lowest BCUT2D eigenvalue weighted by molar-refractivity contribution is 0.533. The molecule has 3 heterocycles. The fraction of sp³-hybridized carbons (Fsp3) is 0.423. The molecule has 3 N–H and O–H groups in total. The highest BCUT2D eigenvalue weighted by Gasteiger charge is 2.21. The van der Waals surface area contributed by atoms with Gasteiger partial charge in [-0.1, -0.05) is 19.9 Å². The summed E-state index contributed by atoms with van der Waals surface area (Å²) >= 11 is 6.17. The van der Waals surface area contributed by atoms with Crippen molar-refractivity contribution in [3.8, 4) is 11.3 Å². The summed E-state index contributed by atoms with van der Waals surface area (Å²) in [4.78, 5) is 13.5. The standard InChI is InChI=1S/C26H31ClN6O/c1-16(2)29-10-6-11-33-22(30-23-24(28)31-26(27)32-25(23)33)15-19-13-17-7-3-4-8-18(17)14-20(19)21-9-5-12-34-21/h5,9,12-14,16,29H,3-4,6-8,10-11,15H2,1-2H3,(H2,28,31,32). The van der Waals surface area contributed by atoms with E-state index in [0.29, 0.717) is 29.4 Å². The number of nitrogens with two attached hydrogens (primary N) is 1. The van der Waals surface area contributed by atoms with Crippen LogP contribution in [-0.4, -0.2) is 32.1 Å². The molecule has 1 aliphatic rings. The van der Waals surface area contributed by atoms with E-state index in [1.54, 1.807) is 6.26 Å². The Bertz CT molecular complexity index is 1290. The lowest BCUT2D eigenvalue weighted by Crippen LogP contribution is -2.24. The third-order valence-electron chi connectivity index (χ3n) is 6.49. The van der Waals surface area contributed by atoms with Crippen molar-refractivity contribution >= 4 is 28.6 Å². The molecule has 0 atom stereocenters. The number of furan rings is 1. The number of fused-ring (bicyclic) bond motifs is 2. The first-order valence-electron chi connectivity index (χ1n) is 12.1. The third kappa shape index (κ3) is 4.68. The van der Waals surface area contributed by atoms with Crippen LogP contribution >= 0.6 is 11.6 Å². The Labute approximate surface area is 204 Å². The van der Waals surface area contributed by atoms with Gasteiger partial charge in [-0.15, -0.1) is 0 Å². The molecule has 0 radical (unpaired) electrons. The first kappa shape index (κ1) is 22.9. The van der Waals surface area contributed by atoms with E-state index in [-0.39, 0.29) is 5.28 Å². The fourth-order valence-electron chi connectivity index (χ4n) is 4.85. The van der Waals surface area contributed by atoms with Crippen molar-refractivity contribution in [1.82, 2.24) is 24.8 Å². The van der Waals surface area contributed by atoms with Gasteiger partial charge in [0.15, 0.2) is 17.0 Å². The zero-order chi connectivity index (χ0) is 23.7. The Balaban J connectivity index is 1.57. The van der Waals surface area contributed by atoms with Crippen LogP contribution in [-0.2, 0) is 25.8 Å². The third-order valence-corrected chi connectivity index (χ3v) is 6.66. The van der Waals surface area contributed by atoms with Crippen molar-refractivity contribution in [2.24, 2.45) is 0 Å². The molecule has 178 valence electrons. The number of benzene rings is 1. The Morgan fingerprint density at radius 3 is 2.68 bits per heavy atom. The Morgan fingerprint density at radius 1 is 1.15 bits per heavy atom. The average Bonchev–Trinajstić information content (AvgIpc) is 3.45. The maximum absolute atomic E-state index is 6.19. The minimum absolute atomic E-state index is 0.142. The van der Waals surface area contributed by atoms with Crippen LogP contribution in [0.3, 0.4) is 0 Å². The predicted molar refractivity (Wildman–Crippen MR) is 136 cm³/mol. The quantitative estimate of drug-likeness (QED) is 0.267. The summed E-state index contributed by atoms with van der Waals surface area (Å²) < 4.78 is 7.96. The first-order valence-corrected chi connectivity index (χ1v) is 12.5. The second-order valence-electron chi connectivity index (χ2n) is 9.33. The number of anilines is 1. The molecule has 5 rings (SSSR count). The number of aryl methyl sites for hydroxylation is 3. The number of nitrogen functional groups attached to an aromatic ring is 1. The smallest absolute Gasteiger partial charge is 0.226 e. The van der Waals surface area contributed by atoms with Gasteiger partial charge in [0.05, 0.1) is 6.26 Å². The fourth-order valence-corrected chi connectivity index (χ4v) is 5.02. The van der Waals surface area contributed by atoms with Gasteiger partial charge >= 0.3 is 0 Å². The Kier molecular flexibility index (Phi) is 6.57. The maximum Gasteiger partial charge on any atom is 0.226 e. The normalized spacial score (nSPS) is 13.6. The van der Waals surface area contributed by atoms with Crippen molar-refractivity contribution in [3.63, 3.8) is 0 Å². The van der Waals surface area contributed by atoms with Crippen LogP contribution in [0, 0.1) is 0 Å². The van der Waals surface area contributed by atoms with E-state index in [9.17, 15) is 0 Å². The monoisotopic (exact) mass is 478 g/mol. The lowest BCUT2D eigenvalue weighted by atomic mass is 9.86. The van der Waals surface area contributed by atoms with Gasteiger partial charge in [0.2, 0.25) is 5.28 Å². The molecule has 0 amide bonds. The number of nitrogens with one attached hydrogen (secondary N) is 1. The van der Waals surface area contributed by atoms with E-state index < -0.39 is 0 Å². The number of halogens is 1. The molecule has 7 nitrogen and oxygen atoms in total. The molecule has 0 fully saturated rings. The summed E-state index contributed by atoms with van der Waals surface area (Å²) in [5, 5.41) is 3.62. The van der Waals surface area contributed by atoms with Crippen LogP contribution in [0.15, 0.2) is 34.9 Å². The van der Waals surface area contributed by atoms with Crippen molar-refractivity contribution in [2.45, 2.75) is 65.0 Å². The van der Waals surface area contributed by atoms with E-state index in [2.05, 4.69) is 45.8 Å². The molecule has 1 aromatic carbocycles. The number of nitrogens with zero attached hydrogens (tertiary/aromatic N) is 4. The second kappa shape index (κ2) is 9.76. The highest BCUT2D eigenvalue weighted by molar-refractivity contribution is 6.28. The zero-order valence-corrected chi connectivity index (χ0v) is 20.5. The summed E-state index contributed by atoms with van der Waals surface area (Å²) in [5.41, 5.74) is 12.7. The number of hydrogen-bond acceptors (Lipinski definition) is 6. The predicted octanol–water partition coefficient (Wildman–Crippen LogP) is 5.18. The highest BCUT2D eigenvalue weighted by atomic mass is 35.5. The topological polar surface area (TPSA) is 94.8 Å². The molecule has 0 aliphatic heterocycles. The van der Waals surface area contributed by atoms with Crippen LogP contribution in [0.2, 0.25) is 5.28 Å². The molecule has 0 spiro atoms. The van der Waals surface area contributed by atoms with Gasteiger partial charge < -0.3 is 20.0 Å². The van der Waals surface area contributed by atoms with Crippen LogP contribution in [0.25, 0.3) is 22.5 Å². The second-order valence-corrected chi connectivity index (χ2v) is 9.67. The molecule has 8 heteroatoms. The molecule has 0 unspecified atom stereocenters. The first-order chi connectivity index (χ1) is 16.5. The molecule has 3 aromatic heterocycles. The van der Waals surface area contributed by atoms with Gasteiger partial charge in [-0.25, -0.2) is 4.98 Å². The molecule has 4 aromatic rings. The summed E-state index contributed by atoms with van der Waals surface area (Å²) in [7, 11) is 0. The van der Waals surface area contributed by atoms with E-state index in [1.165, 1.54) is 29.5 Å². The zero-order valence-electron chi connectivity index (χ0n) is 19.8. The van der Waals surface area contributed by atoms with E-state index >= 15 is 0 Å². The SMILES string of the molecule is CC(C)NCCCn1c(Cc2cc3c(cc2-c2ccco2)CCCC3)nc2c(N)nc(Cl)nc21. The molecule has 0 bridgehead atoms. The van der Waals surface area contributed by atoms with Gasteiger partial charge in [-0.3, -0.25) is 0 Å².